The molecule has 1 heterocycles. The Morgan fingerprint density at radius 3 is 2.52 bits per heavy atom. The van der Waals surface area contributed by atoms with Crippen molar-refractivity contribution in [1.82, 2.24) is 10.2 Å². The van der Waals surface area contributed by atoms with E-state index in [9.17, 15) is 9.90 Å². The molecule has 132 valence electrons. The first kappa shape index (κ1) is 17.6. The van der Waals surface area contributed by atoms with E-state index < -0.39 is 5.54 Å². The first-order valence-electron chi connectivity index (χ1n) is 8.88. The van der Waals surface area contributed by atoms with Gasteiger partial charge in [-0.25, -0.2) is 0 Å². The number of nitrogens with zero attached hydrogens (tertiary/aromatic N) is 1. The summed E-state index contributed by atoms with van der Waals surface area (Å²) in [5, 5.41) is 13.2. The second-order valence-corrected chi connectivity index (χ2v) is 6.87. The minimum atomic E-state index is -0.532. The predicted molar refractivity (Wildman–Crippen MR) is 99.1 cm³/mol. The van der Waals surface area contributed by atoms with Crippen LogP contribution >= 0.6 is 0 Å². The van der Waals surface area contributed by atoms with E-state index >= 15 is 0 Å². The van der Waals surface area contributed by atoms with Crippen LogP contribution in [0.15, 0.2) is 54.6 Å². The molecular formula is C21H26N2O2. The summed E-state index contributed by atoms with van der Waals surface area (Å²) < 4.78 is 0. The van der Waals surface area contributed by atoms with Crippen LogP contribution in [0.4, 0.5) is 0 Å². The molecule has 0 spiro atoms. The van der Waals surface area contributed by atoms with Crippen LogP contribution < -0.4 is 5.32 Å². The monoisotopic (exact) mass is 338 g/mol. The molecule has 3 rings (SSSR count). The molecule has 0 aliphatic carbocycles. The Labute approximate surface area is 149 Å². The molecule has 0 radical (unpaired) electrons. The second-order valence-electron chi connectivity index (χ2n) is 6.87. The van der Waals surface area contributed by atoms with Gasteiger partial charge in [-0.2, -0.15) is 0 Å². The molecule has 2 aromatic rings. The van der Waals surface area contributed by atoms with Crippen molar-refractivity contribution in [3.8, 4) is 0 Å². The van der Waals surface area contributed by atoms with Crippen LogP contribution in [0.2, 0.25) is 0 Å². The van der Waals surface area contributed by atoms with Gasteiger partial charge < -0.3 is 15.3 Å². The number of hydrogen-bond acceptors (Lipinski definition) is 3. The molecule has 1 unspecified atom stereocenters. The fourth-order valence-corrected chi connectivity index (χ4v) is 3.37. The SMILES string of the molecule is CC(CO)(NCCC(=O)N1CCc2ccccc2C1)c1ccccc1. The second kappa shape index (κ2) is 7.81. The Morgan fingerprint density at radius 1 is 1.12 bits per heavy atom. The normalized spacial score (nSPS) is 16.2. The van der Waals surface area contributed by atoms with Crippen molar-refractivity contribution in [1.29, 1.82) is 0 Å². The highest BCUT2D eigenvalue weighted by molar-refractivity contribution is 5.76. The van der Waals surface area contributed by atoms with Crippen molar-refractivity contribution in [3.05, 3.63) is 71.3 Å². The van der Waals surface area contributed by atoms with E-state index in [0.29, 0.717) is 19.5 Å². The summed E-state index contributed by atoms with van der Waals surface area (Å²) in [6.07, 6.45) is 1.36. The minimum Gasteiger partial charge on any atom is -0.394 e. The van der Waals surface area contributed by atoms with Crippen molar-refractivity contribution >= 4 is 5.91 Å². The van der Waals surface area contributed by atoms with E-state index in [0.717, 1.165) is 18.5 Å². The van der Waals surface area contributed by atoms with E-state index in [1.165, 1.54) is 11.1 Å². The summed E-state index contributed by atoms with van der Waals surface area (Å²) in [5.41, 5.74) is 3.09. The summed E-state index contributed by atoms with van der Waals surface area (Å²) in [6, 6.07) is 18.2. The minimum absolute atomic E-state index is 0.0116. The first-order chi connectivity index (χ1) is 12.1. The number of carbonyl (C=O) groups excluding carboxylic acids is 1. The van der Waals surface area contributed by atoms with Gasteiger partial charge in [0.2, 0.25) is 5.91 Å². The number of nitrogens with one attached hydrogen (secondary N) is 1. The number of rotatable bonds is 6. The number of aliphatic hydroxyl groups is 1. The first-order valence-corrected chi connectivity index (χ1v) is 8.88. The molecule has 0 fully saturated rings. The predicted octanol–water partition coefficient (Wildman–Crippen LogP) is 2.46. The fraction of sp³-hybridized carbons (Fsp3) is 0.381. The Morgan fingerprint density at radius 2 is 1.80 bits per heavy atom. The maximum atomic E-state index is 12.5. The van der Waals surface area contributed by atoms with E-state index in [-0.39, 0.29) is 12.5 Å². The van der Waals surface area contributed by atoms with Gasteiger partial charge in [-0.1, -0.05) is 54.6 Å². The van der Waals surface area contributed by atoms with Crippen molar-refractivity contribution in [3.63, 3.8) is 0 Å². The molecule has 1 amide bonds. The molecular weight excluding hydrogens is 312 g/mol. The lowest BCUT2D eigenvalue weighted by molar-refractivity contribution is -0.132. The van der Waals surface area contributed by atoms with Crippen molar-refractivity contribution in [2.45, 2.75) is 31.8 Å². The molecule has 4 nitrogen and oxygen atoms in total. The maximum absolute atomic E-state index is 12.5. The van der Waals surface area contributed by atoms with Crippen LogP contribution in [0.1, 0.15) is 30.0 Å². The highest BCUT2D eigenvalue weighted by Crippen LogP contribution is 2.21. The molecule has 2 aromatic carbocycles. The van der Waals surface area contributed by atoms with Crippen LogP contribution in [-0.2, 0) is 23.3 Å². The molecule has 1 aliphatic rings. The van der Waals surface area contributed by atoms with Crippen LogP contribution in [0.25, 0.3) is 0 Å². The smallest absolute Gasteiger partial charge is 0.224 e. The third-order valence-electron chi connectivity index (χ3n) is 5.06. The maximum Gasteiger partial charge on any atom is 0.224 e. The van der Waals surface area contributed by atoms with E-state index in [2.05, 4.69) is 23.5 Å². The van der Waals surface area contributed by atoms with Crippen LogP contribution in [0.5, 0.6) is 0 Å². The number of fused-ring (bicyclic) bond motifs is 1. The lowest BCUT2D eigenvalue weighted by atomic mass is 9.93. The number of aliphatic hydroxyl groups excluding tert-OH is 1. The summed E-state index contributed by atoms with van der Waals surface area (Å²) in [6.45, 7) is 3.98. The molecule has 4 heteroatoms. The molecule has 1 atom stereocenters. The molecule has 1 aliphatic heterocycles. The third kappa shape index (κ3) is 4.09. The highest BCUT2D eigenvalue weighted by atomic mass is 16.3. The van der Waals surface area contributed by atoms with Gasteiger partial charge in [-0.05, 0) is 30.0 Å². The highest BCUT2D eigenvalue weighted by Gasteiger charge is 2.26. The lowest BCUT2D eigenvalue weighted by Crippen LogP contribution is -2.45. The molecule has 0 aromatic heterocycles. The number of carbonyl (C=O) groups is 1. The summed E-state index contributed by atoms with van der Waals surface area (Å²) in [4.78, 5) is 14.5. The summed E-state index contributed by atoms with van der Waals surface area (Å²) >= 11 is 0. The van der Waals surface area contributed by atoms with Gasteiger partial charge in [0.1, 0.15) is 0 Å². The molecule has 0 saturated heterocycles. The summed E-state index contributed by atoms with van der Waals surface area (Å²) in [5.74, 6) is 0.162. The van der Waals surface area contributed by atoms with Gasteiger partial charge in [0.05, 0.1) is 12.1 Å². The van der Waals surface area contributed by atoms with Crippen molar-refractivity contribution < 1.29 is 9.90 Å². The Balaban J connectivity index is 1.54. The van der Waals surface area contributed by atoms with E-state index in [1.807, 2.05) is 48.2 Å². The number of benzene rings is 2. The molecule has 0 saturated carbocycles. The number of amides is 1. The largest absolute Gasteiger partial charge is 0.394 e. The van der Waals surface area contributed by atoms with Crippen molar-refractivity contribution in [2.75, 3.05) is 19.7 Å². The Bertz CT molecular complexity index is 717. The third-order valence-corrected chi connectivity index (χ3v) is 5.06. The van der Waals surface area contributed by atoms with Gasteiger partial charge in [0.15, 0.2) is 0 Å². The van der Waals surface area contributed by atoms with Gasteiger partial charge >= 0.3 is 0 Å². The molecule has 2 N–H and O–H groups in total. The topological polar surface area (TPSA) is 52.6 Å². The summed E-state index contributed by atoms with van der Waals surface area (Å²) in [7, 11) is 0. The fourth-order valence-electron chi connectivity index (χ4n) is 3.37. The quantitative estimate of drug-likeness (QED) is 0.851. The lowest BCUT2D eigenvalue weighted by Gasteiger charge is -2.31. The molecule has 25 heavy (non-hydrogen) atoms. The van der Waals surface area contributed by atoms with Crippen LogP contribution in [0, 0.1) is 0 Å². The van der Waals surface area contributed by atoms with Crippen molar-refractivity contribution in [2.24, 2.45) is 0 Å². The van der Waals surface area contributed by atoms with Gasteiger partial charge in [-0.3, -0.25) is 4.79 Å². The average Bonchev–Trinajstić information content (AvgIpc) is 2.68. The van der Waals surface area contributed by atoms with E-state index in [1.54, 1.807) is 0 Å². The Hall–Kier alpha value is -2.17. The Kier molecular flexibility index (Phi) is 5.51. The average molecular weight is 338 g/mol. The van der Waals surface area contributed by atoms with Crippen LogP contribution in [-0.4, -0.2) is 35.6 Å². The number of hydrogen-bond donors (Lipinski definition) is 2. The zero-order valence-corrected chi connectivity index (χ0v) is 14.7. The van der Waals surface area contributed by atoms with E-state index in [4.69, 9.17) is 0 Å². The zero-order chi connectivity index (χ0) is 17.7. The zero-order valence-electron chi connectivity index (χ0n) is 14.7. The molecule has 0 bridgehead atoms. The van der Waals surface area contributed by atoms with Gasteiger partial charge in [-0.15, -0.1) is 0 Å². The van der Waals surface area contributed by atoms with Gasteiger partial charge in [0.25, 0.3) is 0 Å². The van der Waals surface area contributed by atoms with Crippen LogP contribution in [0.3, 0.4) is 0 Å². The van der Waals surface area contributed by atoms with Gasteiger partial charge in [0, 0.05) is 26.1 Å². The standard InChI is InChI=1S/C21H26N2O2/c1-21(16-24,19-9-3-2-4-10-19)22-13-11-20(25)23-14-12-17-7-5-6-8-18(17)15-23/h2-10,22,24H,11-16H2,1H3.